The fourth-order valence-corrected chi connectivity index (χ4v) is 3.43. The molecular weight excluding hydrogens is 372 g/mol. The normalized spacial score (nSPS) is 14.4. The van der Waals surface area contributed by atoms with Crippen molar-refractivity contribution in [1.29, 1.82) is 0 Å². The molecule has 0 amide bonds. The molecule has 4 heterocycles. The van der Waals surface area contributed by atoms with Crippen molar-refractivity contribution in [2.24, 2.45) is 0 Å². The lowest BCUT2D eigenvalue weighted by molar-refractivity contribution is 0.230. The van der Waals surface area contributed by atoms with Gasteiger partial charge in [-0.1, -0.05) is 5.16 Å². The Morgan fingerprint density at radius 2 is 2.03 bits per heavy atom. The van der Waals surface area contributed by atoms with Crippen molar-refractivity contribution in [3.8, 4) is 5.88 Å². The van der Waals surface area contributed by atoms with Gasteiger partial charge in [0.2, 0.25) is 11.8 Å². The number of likely N-dealkylation sites (tertiary alicyclic amines) is 1. The molecule has 4 N–H and O–H groups in total. The number of nitrogen functional groups attached to an aromatic ring is 1. The standard InChI is InChI=1S/C19H26N8O2/c1-12-10-16(25-24-12)21-17-15(11-14-9-13(2)26-29-14)18(23-19(20)22-17)28-8-7-27-5-3-4-6-27/h9-10H,3-8,11H2,1-2H3,(H4,20,21,22,23,24,25). The molecule has 0 atom stereocenters. The largest absolute Gasteiger partial charge is 0.476 e. The minimum atomic E-state index is 0.136. The van der Waals surface area contributed by atoms with Crippen LogP contribution in [0.1, 0.15) is 35.6 Å². The molecular formula is C19H26N8O2. The zero-order chi connectivity index (χ0) is 20.2. The smallest absolute Gasteiger partial charge is 0.225 e. The number of hydrogen-bond donors (Lipinski definition) is 3. The average molecular weight is 398 g/mol. The van der Waals surface area contributed by atoms with Gasteiger partial charge in [0.15, 0.2) is 0 Å². The van der Waals surface area contributed by atoms with Crippen molar-refractivity contribution in [2.45, 2.75) is 33.1 Å². The van der Waals surface area contributed by atoms with Gasteiger partial charge in [-0.3, -0.25) is 10.00 Å². The SMILES string of the molecule is Cc1cc(Nc2nc(N)nc(OCCN3CCCC3)c2Cc2cc(C)no2)[nH]n1. The Balaban J connectivity index is 1.59. The molecule has 0 aliphatic carbocycles. The highest BCUT2D eigenvalue weighted by atomic mass is 16.5. The number of rotatable bonds is 8. The number of aromatic nitrogens is 5. The van der Waals surface area contributed by atoms with E-state index in [1.54, 1.807) is 0 Å². The summed E-state index contributed by atoms with van der Waals surface area (Å²) >= 11 is 0. The molecule has 1 fully saturated rings. The summed E-state index contributed by atoms with van der Waals surface area (Å²) in [6.45, 7) is 7.40. The molecule has 10 nitrogen and oxygen atoms in total. The van der Waals surface area contributed by atoms with E-state index in [2.05, 4.69) is 35.5 Å². The van der Waals surface area contributed by atoms with Crippen molar-refractivity contribution < 1.29 is 9.26 Å². The molecule has 3 aromatic heterocycles. The summed E-state index contributed by atoms with van der Waals surface area (Å²) in [5, 5.41) is 14.3. The summed E-state index contributed by atoms with van der Waals surface area (Å²) in [6, 6.07) is 3.77. The van der Waals surface area contributed by atoms with Crippen LogP contribution in [0.2, 0.25) is 0 Å². The lowest BCUT2D eigenvalue weighted by Crippen LogP contribution is -2.25. The summed E-state index contributed by atoms with van der Waals surface area (Å²) < 4.78 is 11.4. The molecule has 154 valence electrons. The predicted molar refractivity (Wildman–Crippen MR) is 108 cm³/mol. The summed E-state index contributed by atoms with van der Waals surface area (Å²) in [5.41, 5.74) is 8.39. The van der Waals surface area contributed by atoms with Gasteiger partial charge in [-0.2, -0.15) is 15.1 Å². The van der Waals surface area contributed by atoms with E-state index in [1.165, 1.54) is 12.8 Å². The van der Waals surface area contributed by atoms with E-state index in [-0.39, 0.29) is 5.95 Å². The third-order valence-electron chi connectivity index (χ3n) is 4.82. The second-order valence-corrected chi connectivity index (χ2v) is 7.27. The Kier molecular flexibility index (Phi) is 5.61. The van der Waals surface area contributed by atoms with Crippen LogP contribution in [-0.4, -0.2) is 56.5 Å². The number of ether oxygens (including phenoxy) is 1. The summed E-state index contributed by atoms with van der Waals surface area (Å²) in [7, 11) is 0. The number of nitrogens with zero attached hydrogens (tertiary/aromatic N) is 5. The van der Waals surface area contributed by atoms with Crippen LogP contribution in [0.15, 0.2) is 16.7 Å². The average Bonchev–Trinajstić information content (AvgIpc) is 3.41. The number of aryl methyl sites for hydroxylation is 2. The maximum atomic E-state index is 6.04. The molecule has 10 heteroatoms. The first kappa shape index (κ1) is 19.2. The second-order valence-electron chi connectivity index (χ2n) is 7.27. The highest BCUT2D eigenvalue weighted by Crippen LogP contribution is 2.29. The van der Waals surface area contributed by atoms with Crippen LogP contribution in [0, 0.1) is 13.8 Å². The fourth-order valence-electron chi connectivity index (χ4n) is 3.43. The first-order chi connectivity index (χ1) is 14.1. The molecule has 29 heavy (non-hydrogen) atoms. The summed E-state index contributed by atoms with van der Waals surface area (Å²) in [5.74, 6) is 2.54. The van der Waals surface area contributed by atoms with Crippen molar-refractivity contribution in [1.82, 2.24) is 30.2 Å². The highest BCUT2D eigenvalue weighted by molar-refractivity contribution is 5.61. The van der Waals surface area contributed by atoms with E-state index in [4.69, 9.17) is 15.0 Å². The molecule has 1 aliphatic heterocycles. The Labute approximate surface area is 168 Å². The summed E-state index contributed by atoms with van der Waals surface area (Å²) in [6.07, 6.45) is 2.91. The van der Waals surface area contributed by atoms with Gasteiger partial charge in [0, 0.05) is 25.1 Å². The minimum absolute atomic E-state index is 0.136. The van der Waals surface area contributed by atoms with Crippen LogP contribution in [-0.2, 0) is 6.42 Å². The predicted octanol–water partition coefficient (Wildman–Crippen LogP) is 2.20. The van der Waals surface area contributed by atoms with Gasteiger partial charge < -0.3 is 20.3 Å². The second kappa shape index (κ2) is 8.48. The molecule has 0 unspecified atom stereocenters. The Morgan fingerprint density at radius 3 is 2.72 bits per heavy atom. The number of H-pyrrole nitrogens is 1. The third kappa shape index (κ3) is 4.83. The summed E-state index contributed by atoms with van der Waals surface area (Å²) in [4.78, 5) is 11.1. The van der Waals surface area contributed by atoms with E-state index in [0.29, 0.717) is 36.3 Å². The first-order valence-electron chi connectivity index (χ1n) is 9.79. The molecule has 0 radical (unpaired) electrons. The molecule has 0 saturated carbocycles. The number of hydrogen-bond acceptors (Lipinski definition) is 9. The maximum Gasteiger partial charge on any atom is 0.225 e. The highest BCUT2D eigenvalue weighted by Gasteiger charge is 2.19. The van der Waals surface area contributed by atoms with Crippen molar-refractivity contribution in [3.63, 3.8) is 0 Å². The molecule has 0 bridgehead atoms. The molecule has 4 rings (SSSR count). The molecule has 1 aliphatic rings. The monoisotopic (exact) mass is 398 g/mol. The quantitative estimate of drug-likeness (QED) is 0.522. The Hall–Kier alpha value is -3.14. The van der Waals surface area contributed by atoms with Gasteiger partial charge in [-0.25, -0.2) is 0 Å². The van der Waals surface area contributed by atoms with E-state index in [9.17, 15) is 0 Å². The van der Waals surface area contributed by atoms with Crippen LogP contribution in [0.5, 0.6) is 5.88 Å². The third-order valence-corrected chi connectivity index (χ3v) is 4.82. The lowest BCUT2D eigenvalue weighted by Gasteiger charge is -2.17. The first-order valence-corrected chi connectivity index (χ1v) is 9.79. The van der Waals surface area contributed by atoms with Crippen molar-refractivity contribution in [3.05, 3.63) is 34.8 Å². The minimum Gasteiger partial charge on any atom is -0.476 e. The number of nitrogens with two attached hydrogens (primary N) is 1. The Morgan fingerprint density at radius 1 is 1.21 bits per heavy atom. The van der Waals surface area contributed by atoms with Crippen LogP contribution in [0.25, 0.3) is 0 Å². The van der Waals surface area contributed by atoms with Crippen LogP contribution in [0.4, 0.5) is 17.6 Å². The van der Waals surface area contributed by atoms with Gasteiger partial charge in [0.25, 0.3) is 0 Å². The van der Waals surface area contributed by atoms with Gasteiger partial charge >= 0.3 is 0 Å². The maximum absolute atomic E-state index is 6.04. The van der Waals surface area contributed by atoms with Gasteiger partial charge in [-0.15, -0.1) is 0 Å². The van der Waals surface area contributed by atoms with Crippen LogP contribution >= 0.6 is 0 Å². The van der Waals surface area contributed by atoms with E-state index in [0.717, 1.165) is 36.6 Å². The molecule has 3 aromatic rings. The molecule has 0 aromatic carbocycles. The Bertz CT molecular complexity index is 961. The van der Waals surface area contributed by atoms with Gasteiger partial charge in [-0.05, 0) is 39.8 Å². The number of anilines is 3. The van der Waals surface area contributed by atoms with Crippen LogP contribution < -0.4 is 15.8 Å². The van der Waals surface area contributed by atoms with Crippen molar-refractivity contribution in [2.75, 3.05) is 37.3 Å². The zero-order valence-electron chi connectivity index (χ0n) is 16.7. The van der Waals surface area contributed by atoms with Crippen molar-refractivity contribution >= 4 is 17.6 Å². The van der Waals surface area contributed by atoms with E-state index in [1.807, 2.05) is 26.0 Å². The van der Waals surface area contributed by atoms with Gasteiger partial charge in [0.1, 0.15) is 24.0 Å². The fraction of sp³-hybridized carbons (Fsp3) is 0.474. The number of nitrogens with one attached hydrogen (secondary N) is 2. The molecule has 1 saturated heterocycles. The molecule has 0 spiro atoms. The zero-order valence-corrected chi connectivity index (χ0v) is 16.7. The van der Waals surface area contributed by atoms with Crippen LogP contribution in [0.3, 0.4) is 0 Å². The number of aromatic amines is 1. The lowest BCUT2D eigenvalue weighted by atomic mass is 10.1. The van der Waals surface area contributed by atoms with E-state index < -0.39 is 0 Å². The van der Waals surface area contributed by atoms with E-state index >= 15 is 0 Å². The van der Waals surface area contributed by atoms with Gasteiger partial charge in [0.05, 0.1) is 17.0 Å². The topological polar surface area (TPSA) is 131 Å².